The molecule has 3 unspecified atom stereocenters. The van der Waals surface area contributed by atoms with Crippen molar-refractivity contribution in [2.45, 2.75) is 397 Å². The Kier molecular flexibility index (Phi) is 37.2. The fraction of sp³-hybridized carbons (Fsp3) is 1.00. The summed E-state index contributed by atoms with van der Waals surface area (Å²) in [6.07, 6.45) is 52.7. The molecule has 0 saturated heterocycles. The van der Waals surface area contributed by atoms with Gasteiger partial charge in [-0.2, -0.15) is 0 Å². The van der Waals surface area contributed by atoms with E-state index < -0.39 is 0 Å². The van der Waals surface area contributed by atoms with E-state index in [1.807, 2.05) is 0 Å². The predicted octanol–water partition coefficient (Wildman–Crippen LogP) is 27.8. The van der Waals surface area contributed by atoms with E-state index in [1.165, 1.54) is 231 Å². The zero-order valence-electron chi connectivity index (χ0n) is 59.4. The third-order valence-electron chi connectivity index (χ3n) is 25.3. The summed E-state index contributed by atoms with van der Waals surface area (Å²) in [6.45, 7) is 57.3. The molecule has 0 heteroatoms. The molecule has 0 nitrogen and oxygen atoms in total. The van der Waals surface area contributed by atoms with Gasteiger partial charge in [0.25, 0.3) is 0 Å². The van der Waals surface area contributed by atoms with Gasteiger partial charge in [0.2, 0.25) is 0 Å². The molecule has 0 aromatic rings. The maximum atomic E-state index is 2.42. The average Bonchev–Trinajstić information content (AvgIpc) is 4.00. The highest BCUT2D eigenvalue weighted by atomic mass is 14.5. The van der Waals surface area contributed by atoms with Crippen LogP contribution in [0.4, 0.5) is 0 Å². The van der Waals surface area contributed by atoms with Crippen molar-refractivity contribution in [1.29, 1.82) is 0 Å². The molecule has 0 radical (unpaired) electrons. The molecule has 9 rings (SSSR count). The van der Waals surface area contributed by atoms with Crippen molar-refractivity contribution in [2.24, 2.45) is 104 Å². The fourth-order valence-corrected chi connectivity index (χ4v) is 15.5. The first-order valence-electron chi connectivity index (χ1n) is 36.2. The number of hydrogen-bond acceptors (Lipinski definition) is 0. The summed E-state index contributed by atoms with van der Waals surface area (Å²) in [6, 6.07) is 0. The lowest BCUT2D eigenvalue weighted by molar-refractivity contribution is 0.0286. The third kappa shape index (κ3) is 31.2. The Bertz CT molecular complexity index is 1350. The van der Waals surface area contributed by atoms with Crippen LogP contribution in [0.25, 0.3) is 0 Å². The van der Waals surface area contributed by atoms with Crippen molar-refractivity contribution in [3.8, 4) is 0 Å². The van der Waals surface area contributed by atoms with Gasteiger partial charge in [0.1, 0.15) is 0 Å². The topological polar surface area (TPSA) is 0 Å². The summed E-state index contributed by atoms with van der Waals surface area (Å²) in [5, 5.41) is 0. The monoisotopic (exact) mass is 1090 g/mol. The molecule has 78 heavy (non-hydrogen) atoms. The third-order valence-corrected chi connectivity index (χ3v) is 25.3. The van der Waals surface area contributed by atoms with Crippen LogP contribution in [0.2, 0.25) is 0 Å². The molecule has 0 amide bonds. The van der Waals surface area contributed by atoms with Crippen LogP contribution in [0, 0.1) is 104 Å². The van der Waals surface area contributed by atoms with Crippen molar-refractivity contribution in [2.75, 3.05) is 0 Å². The molecule has 9 aliphatic carbocycles. The Morgan fingerprint density at radius 1 is 0.256 bits per heavy atom. The summed E-state index contributed by atoms with van der Waals surface area (Å²) < 4.78 is 0. The SMILES string of the molecule is CC1C(C)(C)CCC1(C)C.CC1C(C)(C)CCCC1(C)C.CC1CCC(C)(C)CC1.CC1CCCC(C)C1C.CC1CCCCC1.CC1CCCC[C@H]1C.CCC1CCCC1.CCC1CCCCC1.C[C@@H]1CCCCC1(C)C. The van der Waals surface area contributed by atoms with Gasteiger partial charge < -0.3 is 0 Å². The molecular weight excluding hydrogens is 937 g/mol. The normalized spacial score (nSPS) is 31.5. The van der Waals surface area contributed by atoms with E-state index in [1.54, 1.807) is 0 Å². The lowest BCUT2D eigenvalue weighted by atomic mass is 9.58. The van der Waals surface area contributed by atoms with Gasteiger partial charge in [-0.05, 0) is 148 Å². The second-order valence-electron chi connectivity index (χ2n) is 34.4. The van der Waals surface area contributed by atoms with Crippen molar-refractivity contribution in [3.05, 3.63) is 0 Å². The molecule has 5 atom stereocenters. The summed E-state index contributed by atoms with van der Waals surface area (Å²) in [7, 11) is 0. The van der Waals surface area contributed by atoms with Gasteiger partial charge in [-0.25, -0.2) is 0 Å². The molecule has 0 aromatic heterocycles. The lowest BCUT2D eigenvalue weighted by Crippen LogP contribution is -2.38. The zero-order valence-corrected chi connectivity index (χ0v) is 59.4. The largest absolute Gasteiger partial charge is 0.0651 e. The second-order valence-corrected chi connectivity index (χ2v) is 34.4. The van der Waals surface area contributed by atoms with Crippen LogP contribution >= 0.6 is 0 Å². The number of rotatable bonds is 2. The first kappa shape index (κ1) is 76.0. The quantitative estimate of drug-likeness (QED) is 0.259. The fourth-order valence-electron chi connectivity index (χ4n) is 15.5. The maximum Gasteiger partial charge on any atom is -0.0323 e. The van der Waals surface area contributed by atoms with Gasteiger partial charge >= 0.3 is 0 Å². The Labute approximate surface area is 498 Å². The van der Waals surface area contributed by atoms with Crippen molar-refractivity contribution in [3.63, 3.8) is 0 Å². The minimum atomic E-state index is 0.571. The minimum absolute atomic E-state index is 0.571. The molecule has 0 N–H and O–H groups in total. The summed E-state index contributed by atoms with van der Waals surface area (Å²) in [5.74, 6) is 11.8. The highest BCUT2D eigenvalue weighted by Gasteiger charge is 2.44. The zero-order chi connectivity index (χ0) is 59.4. The van der Waals surface area contributed by atoms with Gasteiger partial charge in [-0.1, -0.05) is 352 Å². The van der Waals surface area contributed by atoms with Crippen LogP contribution in [-0.4, -0.2) is 0 Å². The van der Waals surface area contributed by atoms with E-state index in [4.69, 9.17) is 0 Å². The smallest absolute Gasteiger partial charge is 0.0323 e. The van der Waals surface area contributed by atoms with E-state index in [0.29, 0.717) is 32.5 Å². The van der Waals surface area contributed by atoms with E-state index in [2.05, 4.69) is 166 Å². The van der Waals surface area contributed by atoms with Gasteiger partial charge in [0, 0.05) is 0 Å². The van der Waals surface area contributed by atoms with E-state index in [0.717, 1.165) is 71.0 Å². The summed E-state index contributed by atoms with van der Waals surface area (Å²) in [4.78, 5) is 0. The number of hydrogen-bond donors (Lipinski definition) is 0. The van der Waals surface area contributed by atoms with E-state index in [-0.39, 0.29) is 0 Å². The van der Waals surface area contributed by atoms with E-state index in [9.17, 15) is 0 Å². The van der Waals surface area contributed by atoms with Crippen LogP contribution in [0.15, 0.2) is 0 Å². The lowest BCUT2D eigenvalue weighted by Gasteiger charge is -2.47. The first-order chi connectivity index (χ1) is 36.2. The van der Waals surface area contributed by atoms with Crippen molar-refractivity contribution >= 4 is 0 Å². The molecule has 9 fully saturated rings. The van der Waals surface area contributed by atoms with Gasteiger partial charge in [-0.15, -0.1) is 0 Å². The van der Waals surface area contributed by atoms with Gasteiger partial charge in [0.15, 0.2) is 0 Å². The Morgan fingerprint density at radius 3 is 0.821 bits per heavy atom. The maximum absolute atomic E-state index is 2.42. The van der Waals surface area contributed by atoms with Crippen molar-refractivity contribution in [1.82, 2.24) is 0 Å². The molecule has 0 heterocycles. The Morgan fingerprint density at radius 2 is 0.564 bits per heavy atom. The average molecular weight is 1090 g/mol. The molecule has 0 aliphatic heterocycles. The standard InChI is InChI=1S/C11H22.C10H20.3C9H18.2C8H16.2C7H14/c1-9-10(2,3)7-6-8-11(9,4)5;1-8-9(2,3)6-7-10(8,4)5;1-8-4-6-9(2,3)7-5-8;1-8-6-4-5-7-9(8,2)3;1-7-5-4-6-8(2)9(7)3;1-7-5-3-4-6-8(7)2;1-2-8-6-4-3-5-7-8;1-7-5-3-2-4-6-7;1-2-7-5-3-4-6-7/h9H,6-8H2,1-5H3;8H,6-7H2,1-5H3;2*8H,4-7H2,1-3H3;7-9H,4-6H2,1-3H3;7-8H,3-6H2,1-2H3;8H,2-7H2,1H3;2*7H,2-6H2,1H3/t;;;8-;;7-,8?;;;/m...1.1.../s1. The van der Waals surface area contributed by atoms with E-state index >= 15 is 0 Å². The highest BCUT2D eigenvalue weighted by Crippen LogP contribution is 2.53. The summed E-state index contributed by atoms with van der Waals surface area (Å²) in [5.41, 5.74) is 3.61. The van der Waals surface area contributed by atoms with Crippen LogP contribution < -0.4 is 0 Å². The Hall–Kier alpha value is 0. The van der Waals surface area contributed by atoms with Gasteiger partial charge in [-0.3, -0.25) is 0 Å². The predicted molar refractivity (Wildman–Crippen MR) is 359 cm³/mol. The van der Waals surface area contributed by atoms with Gasteiger partial charge in [0.05, 0.1) is 0 Å². The molecule has 468 valence electrons. The van der Waals surface area contributed by atoms with Crippen LogP contribution in [0.3, 0.4) is 0 Å². The molecule has 0 bridgehead atoms. The molecule has 9 aliphatic rings. The molecule has 0 spiro atoms. The summed E-state index contributed by atoms with van der Waals surface area (Å²) >= 11 is 0. The second kappa shape index (κ2) is 38.1. The Balaban J connectivity index is 0.000000440. The highest BCUT2D eigenvalue weighted by molar-refractivity contribution is 4.94. The minimum Gasteiger partial charge on any atom is -0.0651 e. The van der Waals surface area contributed by atoms with Crippen LogP contribution in [0.1, 0.15) is 397 Å². The van der Waals surface area contributed by atoms with Crippen LogP contribution in [-0.2, 0) is 0 Å². The van der Waals surface area contributed by atoms with Crippen molar-refractivity contribution < 1.29 is 0 Å². The molecule has 9 saturated carbocycles. The first-order valence-corrected chi connectivity index (χ1v) is 36.2. The molecule has 0 aromatic carbocycles. The van der Waals surface area contributed by atoms with Crippen LogP contribution in [0.5, 0.6) is 0 Å². The molecular formula is C78H156.